The van der Waals surface area contributed by atoms with Gasteiger partial charge in [-0.3, -0.25) is 0 Å². The molecule has 0 saturated carbocycles. The van der Waals surface area contributed by atoms with E-state index in [9.17, 15) is 4.79 Å². The van der Waals surface area contributed by atoms with Crippen LogP contribution in [0.3, 0.4) is 0 Å². The number of carboxylic acids is 1. The van der Waals surface area contributed by atoms with Crippen molar-refractivity contribution in [1.82, 2.24) is 0 Å². The Morgan fingerprint density at radius 2 is 1.83 bits per heavy atom. The summed E-state index contributed by atoms with van der Waals surface area (Å²) >= 11 is 0. The van der Waals surface area contributed by atoms with Crippen molar-refractivity contribution in [3.05, 3.63) is 42.0 Å². The largest absolute Gasteiger partial charge is 0.478 e. The molecule has 1 aromatic rings. The summed E-state index contributed by atoms with van der Waals surface area (Å²) in [6.07, 6.45) is 2.68. The van der Waals surface area contributed by atoms with Gasteiger partial charge < -0.3 is 5.11 Å². The van der Waals surface area contributed by atoms with Crippen LogP contribution in [0.25, 0.3) is 6.08 Å². The number of hydrogen-bond acceptors (Lipinski definition) is 1. The third kappa shape index (κ3) is 3.78. The third-order valence-corrected chi connectivity index (χ3v) is 1.22. The first kappa shape index (κ1) is 10.7. The Morgan fingerprint density at radius 1 is 1.25 bits per heavy atom. The van der Waals surface area contributed by atoms with Gasteiger partial charge in [0, 0.05) is 6.08 Å². The summed E-state index contributed by atoms with van der Waals surface area (Å²) in [6.45, 7) is 0. The van der Waals surface area contributed by atoms with Gasteiger partial charge in [0.1, 0.15) is 0 Å². The highest BCUT2D eigenvalue weighted by atomic mass is 35.5. The molecule has 0 bridgehead atoms. The second kappa shape index (κ2) is 5.38. The number of rotatable bonds is 2. The van der Waals surface area contributed by atoms with Gasteiger partial charge in [0.15, 0.2) is 0 Å². The van der Waals surface area contributed by atoms with Gasteiger partial charge in [0.05, 0.1) is 0 Å². The lowest BCUT2D eigenvalue weighted by atomic mass is 10.2. The number of hydrogen-bond donors (Lipinski definition) is 1. The number of benzene rings is 1. The fourth-order valence-electron chi connectivity index (χ4n) is 0.732. The molecule has 0 aliphatic heterocycles. The lowest BCUT2D eigenvalue weighted by Gasteiger charge is -1.87. The van der Waals surface area contributed by atoms with E-state index in [0.717, 1.165) is 11.6 Å². The van der Waals surface area contributed by atoms with E-state index >= 15 is 0 Å². The lowest BCUT2D eigenvalue weighted by molar-refractivity contribution is -0.131. The highest BCUT2D eigenvalue weighted by Gasteiger charge is 1.85. The van der Waals surface area contributed by atoms with Crippen LogP contribution in [0, 0.1) is 0 Å². The standard InChI is InChI=1S/C9H8O2.ClH/c10-9(11)7-6-8-4-2-1-3-5-8;/h1-7H,(H,10,11);1H/b7-6+;. The predicted octanol–water partition coefficient (Wildman–Crippen LogP) is 2.21. The number of aliphatic carboxylic acids is 1. The Balaban J connectivity index is 0.00000121. The zero-order valence-corrected chi connectivity index (χ0v) is 7.12. The van der Waals surface area contributed by atoms with E-state index in [1.165, 1.54) is 0 Å². The van der Waals surface area contributed by atoms with E-state index < -0.39 is 5.97 Å². The Labute approximate surface area is 76.9 Å². The van der Waals surface area contributed by atoms with Gasteiger partial charge in [-0.05, 0) is 11.6 Å². The van der Waals surface area contributed by atoms with Crippen molar-refractivity contribution in [1.29, 1.82) is 0 Å². The summed E-state index contributed by atoms with van der Waals surface area (Å²) in [5, 5.41) is 8.29. The second-order valence-corrected chi connectivity index (χ2v) is 2.08. The molecule has 0 saturated heterocycles. The molecule has 1 N–H and O–H groups in total. The summed E-state index contributed by atoms with van der Waals surface area (Å²) in [5.41, 5.74) is 0.898. The van der Waals surface area contributed by atoms with Crippen molar-refractivity contribution in [2.24, 2.45) is 0 Å². The first-order valence-corrected chi connectivity index (χ1v) is 3.25. The molecule has 0 fully saturated rings. The molecule has 1 aromatic carbocycles. The average molecular weight is 185 g/mol. The highest BCUT2D eigenvalue weighted by molar-refractivity contribution is 5.85. The zero-order valence-electron chi connectivity index (χ0n) is 6.31. The highest BCUT2D eigenvalue weighted by Crippen LogP contribution is 1.99. The molecule has 0 aliphatic carbocycles. The Hall–Kier alpha value is -1.28. The minimum absolute atomic E-state index is 0. The fourth-order valence-corrected chi connectivity index (χ4v) is 0.732. The maximum absolute atomic E-state index is 10.1. The van der Waals surface area contributed by atoms with Gasteiger partial charge in [0.25, 0.3) is 0 Å². The van der Waals surface area contributed by atoms with Crippen molar-refractivity contribution < 1.29 is 9.90 Å². The normalized spacial score (nSPS) is 9.33. The first-order valence-electron chi connectivity index (χ1n) is 3.25. The molecule has 0 spiro atoms. The van der Waals surface area contributed by atoms with Gasteiger partial charge >= 0.3 is 5.97 Å². The van der Waals surface area contributed by atoms with Crippen LogP contribution in [-0.4, -0.2) is 11.1 Å². The van der Waals surface area contributed by atoms with Crippen LogP contribution < -0.4 is 0 Å². The molecule has 3 heteroatoms. The fraction of sp³-hybridized carbons (Fsp3) is 0. The maximum atomic E-state index is 10.1. The van der Waals surface area contributed by atoms with E-state index in [1.807, 2.05) is 30.3 Å². The molecular weight excluding hydrogens is 176 g/mol. The van der Waals surface area contributed by atoms with Crippen LogP contribution in [0.4, 0.5) is 0 Å². The zero-order chi connectivity index (χ0) is 8.10. The van der Waals surface area contributed by atoms with Gasteiger partial charge in [0.2, 0.25) is 0 Å². The summed E-state index contributed by atoms with van der Waals surface area (Å²) in [7, 11) is 0. The number of carboxylic acid groups (broad SMARTS) is 1. The molecule has 0 atom stereocenters. The van der Waals surface area contributed by atoms with Crippen LogP contribution in [0.5, 0.6) is 0 Å². The van der Waals surface area contributed by atoms with E-state index in [0.29, 0.717) is 0 Å². The Bertz CT molecular complexity index is 267. The number of carbonyl (C=O) groups is 1. The third-order valence-electron chi connectivity index (χ3n) is 1.22. The van der Waals surface area contributed by atoms with Crippen LogP contribution in [0.15, 0.2) is 36.4 Å². The average Bonchev–Trinajstić information content (AvgIpc) is 2.03. The van der Waals surface area contributed by atoms with Crippen molar-refractivity contribution in [3.8, 4) is 0 Å². The smallest absolute Gasteiger partial charge is 0.328 e. The molecule has 0 heterocycles. The van der Waals surface area contributed by atoms with E-state index in [4.69, 9.17) is 5.11 Å². The summed E-state index contributed by atoms with van der Waals surface area (Å²) < 4.78 is 0. The van der Waals surface area contributed by atoms with Gasteiger partial charge in [-0.1, -0.05) is 30.3 Å². The quantitative estimate of drug-likeness (QED) is 0.716. The molecule has 0 aliphatic rings. The van der Waals surface area contributed by atoms with Gasteiger partial charge in [-0.25, -0.2) is 4.79 Å². The van der Waals surface area contributed by atoms with Crippen molar-refractivity contribution >= 4 is 24.5 Å². The van der Waals surface area contributed by atoms with Crippen LogP contribution in [0.2, 0.25) is 0 Å². The molecule has 0 unspecified atom stereocenters. The van der Waals surface area contributed by atoms with Crippen molar-refractivity contribution in [2.45, 2.75) is 0 Å². The van der Waals surface area contributed by atoms with Gasteiger partial charge in [-0.15, -0.1) is 12.4 Å². The van der Waals surface area contributed by atoms with E-state index in [-0.39, 0.29) is 12.4 Å². The molecule has 2 nitrogen and oxygen atoms in total. The van der Waals surface area contributed by atoms with Crippen LogP contribution in [0.1, 0.15) is 5.56 Å². The second-order valence-electron chi connectivity index (χ2n) is 2.08. The summed E-state index contributed by atoms with van der Waals surface area (Å²) in [4.78, 5) is 10.1. The summed E-state index contributed by atoms with van der Waals surface area (Å²) in [5.74, 6) is -0.922. The van der Waals surface area contributed by atoms with Gasteiger partial charge in [-0.2, -0.15) is 0 Å². The van der Waals surface area contributed by atoms with Crippen molar-refractivity contribution in [3.63, 3.8) is 0 Å². The maximum Gasteiger partial charge on any atom is 0.328 e. The Morgan fingerprint density at radius 3 is 2.33 bits per heavy atom. The predicted molar refractivity (Wildman–Crippen MR) is 50.4 cm³/mol. The SMILES string of the molecule is Cl.O=C(O)/C=C/c1ccccc1. The molecule has 0 aromatic heterocycles. The molecule has 1 rings (SSSR count). The lowest BCUT2D eigenvalue weighted by Crippen LogP contribution is -1.85. The Kier molecular flexibility index (Phi) is 4.81. The first-order chi connectivity index (χ1) is 5.29. The minimum atomic E-state index is -0.922. The number of halogens is 1. The molecule has 0 amide bonds. The van der Waals surface area contributed by atoms with Crippen LogP contribution >= 0.6 is 12.4 Å². The molecule has 64 valence electrons. The minimum Gasteiger partial charge on any atom is -0.478 e. The monoisotopic (exact) mass is 184 g/mol. The van der Waals surface area contributed by atoms with Crippen LogP contribution in [-0.2, 0) is 4.79 Å². The molecule has 12 heavy (non-hydrogen) atoms. The van der Waals surface area contributed by atoms with Crippen molar-refractivity contribution in [2.75, 3.05) is 0 Å². The summed E-state index contributed by atoms with van der Waals surface area (Å²) in [6, 6.07) is 9.31. The van der Waals surface area contributed by atoms with E-state index in [1.54, 1.807) is 6.08 Å². The topological polar surface area (TPSA) is 37.3 Å². The molecular formula is C9H9ClO2. The van der Waals surface area contributed by atoms with E-state index in [2.05, 4.69) is 0 Å². The molecule has 0 radical (unpaired) electrons.